The molecule has 1 fully saturated rings. The maximum Gasteiger partial charge on any atom is 0.165 e. The number of halogens is 1. The molecule has 0 amide bonds. The van der Waals surface area contributed by atoms with Crippen LogP contribution in [0.2, 0.25) is 0 Å². The molecule has 15 heavy (non-hydrogen) atoms. The summed E-state index contributed by atoms with van der Waals surface area (Å²) in [5.41, 5.74) is 0.897. The van der Waals surface area contributed by atoms with Gasteiger partial charge in [-0.05, 0) is 37.0 Å². The number of rotatable bonds is 3. The van der Waals surface area contributed by atoms with Crippen molar-refractivity contribution in [2.24, 2.45) is 5.92 Å². The van der Waals surface area contributed by atoms with Gasteiger partial charge in [-0.1, -0.05) is 6.07 Å². The molecule has 0 radical (unpaired) electrons. The van der Waals surface area contributed by atoms with Crippen molar-refractivity contribution < 1.29 is 13.9 Å². The van der Waals surface area contributed by atoms with Crippen LogP contribution in [-0.2, 0) is 4.79 Å². The highest BCUT2D eigenvalue weighted by Crippen LogP contribution is 2.48. The first-order valence-electron chi connectivity index (χ1n) is 4.97. The molecule has 0 aromatic heterocycles. The van der Waals surface area contributed by atoms with E-state index in [0.29, 0.717) is 0 Å². The van der Waals surface area contributed by atoms with Gasteiger partial charge >= 0.3 is 0 Å². The lowest BCUT2D eigenvalue weighted by Crippen LogP contribution is -1.96. The molecular formula is C12H13FO2. The summed E-state index contributed by atoms with van der Waals surface area (Å²) >= 11 is 0. The summed E-state index contributed by atoms with van der Waals surface area (Å²) in [6, 6.07) is 4.90. The molecule has 1 aromatic rings. The Morgan fingerprint density at radius 1 is 1.53 bits per heavy atom. The molecule has 1 aromatic carbocycles. The number of ether oxygens (including phenoxy) is 1. The van der Waals surface area contributed by atoms with E-state index in [1.165, 1.54) is 13.2 Å². The fourth-order valence-electron chi connectivity index (χ4n) is 1.93. The van der Waals surface area contributed by atoms with Gasteiger partial charge in [0.05, 0.1) is 7.11 Å². The smallest absolute Gasteiger partial charge is 0.165 e. The Kier molecular flexibility index (Phi) is 2.47. The highest BCUT2D eigenvalue weighted by atomic mass is 19.1. The van der Waals surface area contributed by atoms with E-state index in [9.17, 15) is 9.18 Å². The molecule has 80 valence electrons. The van der Waals surface area contributed by atoms with Crippen LogP contribution in [0.1, 0.15) is 24.8 Å². The second kappa shape index (κ2) is 3.65. The van der Waals surface area contributed by atoms with Crippen molar-refractivity contribution in [1.82, 2.24) is 0 Å². The van der Waals surface area contributed by atoms with Gasteiger partial charge in [-0.25, -0.2) is 4.39 Å². The number of hydrogen-bond donors (Lipinski definition) is 0. The van der Waals surface area contributed by atoms with Crippen LogP contribution in [-0.4, -0.2) is 12.9 Å². The molecule has 2 atom stereocenters. The lowest BCUT2D eigenvalue weighted by atomic mass is 10.1. The zero-order valence-corrected chi connectivity index (χ0v) is 8.79. The average molecular weight is 208 g/mol. The molecule has 3 heteroatoms. The third-order valence-electron chi connectivity index (χ3n) is 2.92. The van der Waals surface area contributed by atoms with Crippen LogP contribution in [0, 0.1) is 11.7 Å². The van der Waals surface area contributed by atoms with Gasteiger partial charge in [0, 0.05) is 5.92 Å². The predicted molar refractivity (Wildman–Crippen MR) is 54.5 cm³/mol. The van der Waals surface area contributed by atoms with E-state index < -0.39 is 0 Å². The minimum Gasteiger partial charge on any atom is -0.494 e. The van der Waals surface area contributed by atoms with Crippen molar-refractivity contribution in [1.29, 1.82) is 0 Å². The second-order valence-electron chi connectivity index (χ2n) is 3.95. The summed E-state index contributed by atoms with van der Waals surface area (Å²) in [4.78, 5) is 11.1. The van der Waals surface area contributed by atoms with Gasteiger partial charge in [0.15, 0.2) is 11.6 Å². The van der Waals surface area contributed by atoms with Gasteiger partial charge in [-0.3, -0.25) is 4.79 Å². The molecule has 2 unspecified atom stereocenters. The van der Waals surface area contributed by atoms with E-state index in [1.807, 2.05) is 6.07 Å². The number of carbonyl (C=O) groups excluding carboxylic acids is 1. The van der Waals surface area contributed by atoms with Crippen molar-refractivity contribution in [2.75, 3.05) is 7.11 Å². The molecule has 2 nitrogen and oxygen atoms in total. The summed E-state index contributed by atoms with van der Waals surface area (Å²) in [6.45, 7) is 1.59. The number of Topliss-reactive ketones (excluding diaryl/α,β-unsaturated/α-hetero) is 1. The maximum atomic E-state index is 13.4. The zero-order chi connectivity index (χ0) is 11.0. The average Bonchev–Trinajstić information content (AvgIpc) is 2.97. The Morgan fingerprint density at radius 2 is 2.27 bits per heavy atom. The van der Waals surface area contributed by atoms with Crippen LogP contribution in [0.4, 0.5) is 4.39 Å². The van der Waals surface area contributed by atoms with Crippen LogP contribution < -0.4 is 4.74 Å². The number of benzene rings is 1. The Labute approximate surface area is 88.1 Å². The van der Waals surface area contributed by atoms with E-state index >= 15 is 0 Å². The van der Waals surface area contributed by atoms with Crippen molar-refractivity contribution in [3.8, 4) is 5.75 Å². The van der Waals surface area contributed by atoms with Crippen LogP contribution in [0.25, 0.3) is 0 Å². The molecule has 0 aliphatic heterocycles. The van der Waals surface area contributed by atoms with Gasteiger partial charge in [-0.15, -0.1) is 0 Å². The summed E-state index contributed by atoms with van der Waals surface area (Å²) in [5, 5.41) is 0. The molecule has 2 rings (SSSR count). The quantitative estimate of drug-likeness (QED) is 0.763. The molecule has 0 spiro atoms. The minimum absolute atomic E-state index is 0.0952. The molecule has 1 aliphatic carbocycles. The van der Waals surface area contributed by atoms with Gasteiger partial charge in [-0.2, -0.15) is 0 Å². The molecule has 0 bridgehead atoms. The third kappa shape index (κ3) is 1.87. The van der Waals surface area contributed by atoms with Gasteiger partial charge in [0.2, 0.25) is 0 Å². The first kappa shape index (κ1) is 10.1. The summed E-state index contributed by atoms with van der Waals surface area (Å²) in [5.74, 6) is 0.389. The monoisotopic (exact) mass is 208 g/mol. The second-order valence-corrected chi connectivity index (χ2v) is 3.95. The Morgan fingerprint density at radius 3 is 2.73 bits per heavy atom. The maximum absolute atomic E-state index is 13.4. The lowest BCUT2D eigenvalue weighted by Gasteiger charge is -2.04. The Hall–Kier alpha value is -1.38. The van der Waals surface area contributed by atoms with Gasteiger partial charge < -0.3 is 4.74 Å². The molecule has 0 heterocycles. The van der Waals surface area contributed by atoms with Crippen LogP contribution >= 0.6 is 0 Å². The van der Waals surface area contributed by atoms with E-state index in [1.54, 1.807) is 13.0 Å². The topological polar surface area (TPSA) is 26.3 Å². The van der Waals surface area contributed by atoms with E-state index in [0.717, 1.165) is 12.0 Å². The summed E-state index contributed by atoms with van der Waals surface area (Å²) in [6.07, 6.45) is 0.848. The van der Waals surface area contributed by atoms with Crippen LogP contribution in [0.3, 0.4) is 0 Å². The number of carbonyl (C=O) groups is 1. The molecule has 0 N–H and O–H groups in total. The Balaban J connectivity index is 2.18. The minimum atomic E-state index is -0.357. The van der Waals surface area contributed by atoms with Crippen LogP contribution in [0.15, 0.2) is 18.2 Å². The van der Waals surface area contributed by atoms with Crippen molar-refractivity contribution in [3.63, 3.8) is 0 Å². The normalized spacial score (nSPS) is 23.7. The van der Waals surface area contributed by atoms with Crippen LogP contribution in [0.5, 0.6) is 5.75 Å². The summed E-state index contributed by atoms with van der Waals surface area (Å²) < 4.78 is 18.2. The molecule has 1 saturated carbocycles. The highest BCUT2D eigenvalue weighted by molar-refractivity contribution is 5.82. The SMILES string of the molecule is COc1ccc(C2CC2C(C)=O)cc1F. The van der Waals surface area contributed by atoms with Gasteiger partial charge in [0.25, 0.3) is 0 Å². The first-order valence-corrected chi connectivity index (χ1v) is 4.97. The van der Waals surface area contributed by atoms with E-state index in [4.69, 9.17) is 4.74 Å². The molecule has 0 saturated heterocycles. The van der Waals surface area contributed by atoms with Crippen molar-refractivity contribution in [2.45, 2.75) is 19.3 Å². The van der Waals surface area contributed by atoms with Gasteiger partial charge in [0.1, 0.15) is 5.78 Å². The van der Waals surface area contributed by atoms with Crippen molar-refractivity contribution >= 4 is 5.78 Å². The third-order valence-corrected chi connectivity index (χ3v) is 2.92. The Bertz CT molecular complexity index is 401. The van der Waals surface area contributed by atoms with E-state index in [-0.39, 0.29) is 29.2 Å². The fourth-order valence-corrected chi connectivity index (χ4v) is 1.93. The lowest BCUT2D eigenvalue weighted by molar-refractivity contribution is -0.118. The van der Waals surface area contributed by atoms with Crippen molar-refractivity contribution in [3.05, 3.63) is 29.6 Å². The zero-order valence-electron chi connectivity index (χ0n) is 8.79. The molecule has 1 aliphatic rings. The number of hydrogen-bond acceptors (Lipinski definition) is 2. The largest absolute Gasteiger partial charge is 0.494 e. The number of methoxy groups -OCH3 is 1. The molecular weight excluding hydrogens is 195 g/mol. The highest BCUT2D eigenvalue weighted by Gasteiger charge is 2.41. The predicted octanol–water partition coefficient (Wildman–Crippen LogP) is 2.53. The first-order chi connectivity index (χ1) is 7.13. The summed E-state index contributed by atoms with van der Waals surface area (Å²) in [7, 11) is 1.44. The standard InChI is InChI=1S/C12H13FO2/c1-7(14)9-6-10(9)8-3-4-12(15-2)11(13)5-8/h3-5,9-10H,6H2,1-2H3. The fraction of sp³-hybridized carbons (Fsp3) is 0.417. The number of ketones is 1. The van der Waals surface area contributed by atoms with E-state index in [2.05, 4.69) is 0 Å².